The summed E-state index contributed by atoms with van der Waals surface area (Å²) >= 11 is 5.99. The molecule has 3 rings (SSSR count). The first kappa shape index (κ1) is 18.3. The summed E-state index contributed by atoms with van der Waals surface area (Å²) in [4.78, 5) is 24.4. The lowest BCUT2D eigenvalue weighted by Gasteiger charge is -2.16. The lowest BCUT2D eigenvalue weighted by Crippen LogP contribution is -2.32. The maximum atomic E-state index is 12.4. The van der Waals surface area contributed by atoms with Crippen LogP contribution < -0.4 is 16.0 Å². The van der Waals surface area contributed by atoms with Crippen molar-refractivity contribution in [1.29, 1.82) is 0 Å². The van der Waals surface area contributed by atoms with Crippen molar-refractivity contribution in [2.45, 2.75) is 38.8 Å². The van der Waals surface area contributed by atoms with Crippen molar-refractivity contribution in [2.24, 2.45) is 0 Å². The summed E-state index contributed by atoms with van der Waals surface area (Å²) < 4.78 is 0. The standard InChI is InChI=1S/C20H22ClN3O2/c1-12-3-6-15(21)11-18(12)24-19(25)13(2)22-16-7-4-14(5-8-16)20(26)23-17-9-10-17/h3-8,11,13,17,22H,9-10H2,1-2H3,(H,23,26)(H,24,25). The highest BCUT2D eigenvalue weighted by molar-refractivity contribution is 6.31. The van der Waals surface area contributed by atoms with E-state index in [1.165, 1.54) is 0 Å². The molecular weight excluding hydrogens is 350 g/mol. The minimum absolute atomic E-state index is 0.0544. The van der Waals surface area contributed by atoms with Crippen LogP contribution in [0.5, 0.6) is 0 Å². The number of hydrogen-bond acceptors (Lipinski definition) is 3. The van der Waals surface area contributed by atoms with Crippen LogP contribution in [0.1, 0.15) is 35.7 Å². The van der Waals surface area contributed by atoms with Gasteiger partial charge in [0.1, 0.15) is 6.04 Å². The Balaban J connectivity index is 1.58. The Morgan fingerprint density at radius 2 is 1.81 bits per heavy atom. The highest BCUT2D eigenvalue weighted by Crippen LogP contribution is 2.21. The summed E-state index contributed by atoms with van der Waals surface area (Å²) in [6.07, 6.45) is 2.12. The van der Waals surface area contributed by atoms with Crippen LogP contribution in [0.25, 0.3) is 0 Å². The van der Waals surface area contributed by atoms with Crippen LogP contribution in [0, 0.1) is 6.92 Å². The predicted octanol–water partition coefficient (Wildman–Crippen LogP) is 3.98. The molecule has 1 aliphatic carbocycles. The van der Waals surface area contributed by atoms with Crippen molar-refractivity contribution < 1.29 is 9.59 Å². The molecule has 1 saturated carbocycles. The second kappa shape index (κ2) is 7.79. The predicted molar refractivity (Wildman–Crippen MR) is 105 cm³/mol. The van der Waals surface area contributed by atoms with E-state index in [0.29, 0.717) is 22.3 Å². The second-order valence-corrected chi connectivity index (χ2v) is 7.08. The molecule has 0 saturated heterocycles. The Kier molecular flexibility index (Phi) is 5.47. The van der Waals surface area contributed by atoms with Crippen molar-refractivity contribution in [3.8, 4) is 0 Å². The zero-order valence-electron chi connectivity index (χ0n) is 14.8. The zero-order chi connectivity index (χ0) is 18.7. The quantitative estimate of drug-likeness (QED) is 0.719. The topological polar surface area (TPSA) is 70.2 Å². The van der Waals surface area contributed by atoms with Gasteiger partial charge in [-0.2, -0.15) is 0 Å². The molecule has 3 N–H and O–H groups in total. The summed E-state index contributed by atoms with van der Waals surface area (Å²) in [5.41, 5.74) is 3.04. The van der Waals surface area contributed by atoms with Gasteiger partial charge in [0.05, 0.1) is 0 Å². The van der Waals surface area contributed by atoms with Crippen LogP contribution in [0.4, 0.5) is 11.4 Å². The van der Waals surface area contributed by atoms with Crippen LogP contribution in [0.2, 0.25) is 5.02 Å². The van der Waals surface area contributed by atoms with Gasteiger partial charge in [-0.25, -0.2) is 0 Å². The minimum atomic E-state index is -0.445. The molecular formula is C20H22ClN3O2. The molecule has 136 valence electrons. The third-order valence-corrected chi connectivity index (χ3v) is 4.53. The maximum Gasteiger partial charge on any atom is 0.251 e. The molecule has 1 atom stereocenters. The third-order valence-electron chi connectivity index (χ3n) is 4.29. The first-order chi connectivity index (χ1) is 12.4. The number of rotatable bonds is 6. The van der Waals surface area contributed by atoms with Crippen LogP contribution in [-0.2, 0) is 4.79 Å². The molecule has 0 aromatic heterocycles. The van der Waals surface area contributed by atoms with Crippen molar-refractivity contribution in [3.05, 3.63) is 58.6 Å². The Labute approximate surface area is 158 Å². The number of anilines is 2. The zero-order valence-corrected chi connectivity index (χ0v) is 15.6. The number of halogens is 1. The van der Waals surface area contributed by atoms with Crippen molar-refractivity contribution >= 4 is 34.8 Å². The van der Waals surface area contributed by atoms with Gasteiger partial charge in [-0.15, -0.1) is 0 Å². The monoisotopic (exact) mass is 371 g/mol. The SMILES string of the molecule is Cc1ccc(Cl)cc1NC(=O)C(C)Nc1ccc(C(=O)NC2CC2)cc1. The summed E-state index contributed by atoms with van der Waals surface area (Å²) in [7, 11) is 0. The highest BCUT2D eigenvalue weighted by atomic mass is 35.5. The smallest absolute Gasteiger partial charge is 0.251 e. The van der Waals surface area contributed by atoms with Gasteiger partial charge in [-0.1, -0.05) is 17.7 Å². The van der Waals surface area contributed by atoms with Gasteiger partial charge >= 0.3 is 0 Å². The molecule has 6 heteroatoms. The normalized spacial score (nSPS) is 14.4. The second-order valence-electron chi connectivity index (χ2n) is 6.64. The van der Waals surface area contributed by atoms with E-state index in [1.807, 2.05) is 13.0 Å². The molecule has 0 bridgehead atoms. The van der Waals surface area contributed by atoms with Gasteiger partial charge in [0.25, 0.3) is 5.91 Å². The molecule has 0 radical (unpaired) electrons. The molecule has 1 fully saturated rings. The molecule has 2 aromatic carbocycles. The fourth-order valence-corrected chi connectivity index (χ4v) is 2.67. The largest absolute Gasteiger partial charge is 0.374 e. The molecule has 0 spiro atoms. The third kappa shape index (κ3) is 4.76. The van der Waals surface area contributed by atoms with Gasteiger partial charge in [0.15, 0.2) is 0 Å². The van der Waals surface area contributed by atoms with E-state index in [1.54, 1.807) is 43.3 Å². The van der Waals surface area contributed by atoms with Crippen LogP contribution in [0.3, 0.4) is 0 Å². The van der Waals surface area contributed by atoms with Crippen molar-refractivity contribution in [1.82, 2.24) is 5.32 Å². The number of carbonyl (C=O) groups is 2. The van der Waals surface area contributed by atoms with E-state index in [-0.39, 0.29) is 11.8 Å². The van der Waals surface area contributed by atoms with Gasteiger partial charge in [0.2, 0.25) is 5.91 Å². The summed E-state index contributed by atoms with van der Waals surface area (Å²) in [6, 6.07) is 12.4. The average molecular weight is 372 g/mol. The molecule has 1 unspecified atom stereocenters. The Morgan fingerprint density at radius 1 is 1.12 bits per heavy atom. The molecule has 0 heterocycles. The van der Waals surface area contributed by atoms with E-state index >= 15 is 0 Å². The van der Waals surface area contributed by atoms with Gasteiger partial charge in [-0.05, 0) is 68.7 Å². The lowest BCUT2D eigenvalue weighted by molar-refractivity contribution is -0.116. The Morgan fingerprint density at radius 3 is 2.46 bits per heavy atom. The number of nitrogens with one attached hydrogen (secondary N) is 3. The maximum absolute atomic E-state index is 12.4. The number of amides is 2. The molecule has 5 nitrogen and oxygen atoms in total. The number of hydrogen-bond donors (Lipinski definition) is 3. The molecule has 2 aromatic rings. The molecule has 0 aliphatic heterocycles. The first-order valence-electron chi connectivity index (χ1n) is 8.67. The number of carbonyl (C=O) groups excluding carboxylic acids is 2. The van der Waals surface area contributed by atoms with E-state index < -0.39 is 6.04 Å². The van der Waals surface area contributed by atoms with E-state index in [2.05, 4.69) is 16.0 Å². The van der Waals surface area contributed by atoms with Crippen molar-refractivity contribution in [3.63, 3.8) is 0 Å². The minimum Gasteiger partial charge on any atom is -0.374 e. The Bertz CT molecular complexity index is 816. The number of benzene rings is 2. The first-order valence-corrected chi connectivity index (χ1v) is 9.04. The van der Waals surface area contributed by atoms with Gasteiger partial charge in [-0.3, -0.25) is 9.59 Å². The van der Waals surface area contributed by atoms with E-state index in [9.17, 15) is 9.59 Å². The lowest BCUT2D eigenvalue weighted by atomic mass is 10.1. The van der Waals surface area contributed by atoms with Crippen LogP contribution in [0.15, 0.2) is 42.5 Å². The molecule has 26 heavy (non-hydrogen) atoms. The molecule has 1 aliphatic rings. The fraction of sp³-hybridized carbons (Fsp3) is 0.300. The van der Waals surface area contributed by atoms with Gasteiger partial charge < -0.3 is 16.0 Å². The Hall–Kier alpha value is -2.53. The summed E-state index contributed by atoms with van der Waals surface area (Å²) in [5.74, 6) is -0.216. The van der Waals surface area contributed by atoms with E-state index in [0.717, 1.165) is 24.1 Å². The average Bonchev–Trinajstić information content (AvgIpc) is 3.42. The van der Waals surface area contributed by atoms with E-state index in [4.69, 9.17) is 11.6 Å². The fourth-order valence-electron chi connectivity index (χ4n) is 2.50. The summed E-state index contributed by atoms with van der Waals surface area (Å²) in [5, 5.41) is 9.54. The molecule has 2 amide bonds. The summed E-state index contributed by atoms with van der Waals surface area (Å²) in [6.45, 7) is 3.69. The highest BCUT2D eigenvalue weighted by Gasteiger charge is 2.23. The van der Waals surface area contributed by atoms with Crippen LogP contribution in [-0.4, -0.2) is 23.9 Å². The van der Waals surface area contributed by atoms with Gasteiger partial charge in [0, 0.05) is 28.0 Å². The number of aryl methyl sites for hydroxylation is 1. The van der Waals surface area contributed by atoms with Crippen LogP contribution >= 0.6 is 11.6 Å². The van der Waals surface area contributed by atoms with Crippen molar-refractivity contribution in [2.75, 3.05) is 10.6 Å².